The average molecular weight is 449 g/mol. The lowest BCUT2D eigenvalue weighted by molar-refractivity contribution is -0.140. The molecule has 32 heavy (non-hydrogen) atoms. The molecule has 2 rings (SSSR count). The smallest absolute Gasteiger partial charge is 0.305 e. The van der Waals surface area contributed by atoms with Crippen molar-refractivity contribution in [3.63, 3.8) is 0 Å². The summed E-state index contributed by atoms with van der Waals surface area (Å²) in [5.41, 5.74) is 1.15. The molecule has 6 unspecified atom stereocenters. The minimum absolute atomic E-state index is 0.109. The monoisotopic (exact) mass is 448 g/mol. The first-order chi connectivity index (χ1) is 15.4. The van der Waals surface area contributed by atoms with E-state index in [0.29, 0.717) is 18.8 Å². The van der Waals surface area contributed by atoms with Crippen molar-refractivity contribution in [2.75, 3.05) is 7.11 Å². The van der Waals surface area contributed by atoms with E-state index >= 15 is 0 Å². The van der Waals surface area contributed by atoms with Gasteiger partial charge in [0.1, 0.15) is 5.75 Å². The Morgan fingerprint density at radius 3 is 2.38 bits per heavy atom. The molecule has 0 aliphatic heterocycles. The Balaban J connectivity index is 1.81. The molecule has 0 amide bonds. The normalized spacial score (nSPS) is 24.8. The molecule has 6 atom stereocenters. The Hall–Kier alpha value is -1.59. The lowest BCUT2D eigenvalue weighted by atomic mass is 9.82. The number of ether oxygens (including phenoxy) is 2. The molecule has 0 aromatic heterocycles. The van der Waals surface area contributed by atoms with Crippen molar-refractivity contribution in [3.8, 4) is 5.75 Å². The van der Waals surface area contributed by atoms with E-state index in [2.05, 4.69) is 31.6 Å². The van der Waals surface area contributed by atoms with Crippen molar-refractivity contribution < 1.29 is 24.5 Å². The number of aliphatic hydroxyl groups excluding tert-OH is 2. The fourth-order valence-electron chi connectivity index (χ4n) is 5.25. The van der Waals surface area contributed by atoms with Crippen LogP contribution in [0.15, 0.2) is 24.3 Å². The summed E-state index contributed by atoms with van der Waals surface area (Å²) in [5, 5.41) is 21.2. The van der Waals surface area contributed by atoms with Crippen LogP contribution >= 0.6 is 0 Å². The number of para-hydroxylation sites is 1. The van der Waals surface area contributed by atoms with Crippen molar-refractivity contribution in [3.05, 3.63) is 29.8 Å². The van der Waals surface area contributed by atoms with Crippen LogP contribution in [0.25, 0.3) is 0 Å². The number of carbonyl (C=O) groups is 1. The maximum Gasteiger partial charge on any atom is 0.305 e. The van der Waals surface area contributed by atoms with Gasteiger partial charge in [-0.2, -0.15) is 0 Å². The molecule has 0 heterocycles. The van der Waals surface area contributed by atoms with Crippen molar-refractivity contribution >= 4 is 5.97 Å². The second-order valence-corrected chi connectivity index (χ2v) is 9.56. The predicted molar refractivity (Wildman–Crippen MR) is 128 cm³/mol. The van der Waals surface area contributed by atoms with E-state index < -0.39 is 12.2 Å². The van der Waals surface area contributed by atoms with Gasteiger partial charge in [-0.25, -0.2) is 0 Å². The van der Waals surface area contributed by atoms with E-state index in [1.807, 2.05) is 18.2 Å². The Morgan fingerprint density at radius 2 is 1.72 bits per heavy atom. The van der Waals surface area contributed by atoms with Crippen LogP contribution in [0.4, 0.5) is 0 Å². The lowest BCUT2D eigenvalue weighted by Gasteiger charge is -2.28. The maximum atomic E-state index is 11.2. The van der Waals surface area contributed by atoms with Gasteiger partial charge in [0.05, 0.1) is 25.4 Å². The molecule has 1 aliphatic carbocycles. The Bertz CT molecular complexity index is 676. The zero-order valence-corrected chi connectivity index (χ0v) is 20.5. The molecule has 2 N–H and O–H groups in total. The summed E-state index contributed by atoms with van der Waals surface area (Å²) in [6.45, 7) is 6.42. The fraction of sp³-hybridized carbons (Fsp3) is 0.741. The van der Waals surface area contributed by atoms with Crippen LogP contribution in [-0.4, -0.2) is 41.6 Å². The fourth-order valence-corrected chi connectivity index (χ4v) is 5.25. The second kappa shape index (κ2) is 13.8. The molecular formula is C27H44O5. The summed E-state index contributed by atoms with van der Waals surface area (Å²) in [6.07, 6.45) is 8.05. The van der Waals surface area contributed by atoms with Crippen LogP contribution in [0.2, 0.25) is 0 Å². The lowest BCUT2D eigenvalue weighted by Crippen LogP contribution is -2.27. The number of aryl methyl sites for hydroxylation is 1. The minimum Gasteiger partial charge on any atom is -0.490 e. The van der Waals surface area contributed by atoms with E-state index in [0.717, 1.165) is 62.7 Å². The Kier molecular flexibility index (Phi) is 11.5. The quantitative estimate of drug-likeness (QED) is 0.293. The summed E-state index contributed by atoms with van der Waals surface area (Å²) in [4.78, 5) is 11.2. The van der Waals surface area contributed by atoms with Gasteiger partial charge in [0.15, 0.2) is 0 Å². The molecule has 0 saturated heterocycles. The van der Waals surface area contributed by atoms with Crippen LogP contribution in [0.5, 0.6) is 5.75 Å². The third kappa shape index (κ3) is 8.08. The van der Waals surface area contributed by atoms with Gasteiger partial charge >= 0.3 is 5.97 Å². The maximum absolute atomic E-state index is 11.2. The predicted octanol–water partition coefficient (Wildman–Crippen LogP) is 5.44. The largest absolute Gasteiger partial charge is 0.490 e. The number of rotatable bonds is 14. The van der Waals surface area contributed by atoms with Crippen LogP contribution in [0, 0.1) is 24.7 Å². The Morgan fingerprint density at radius 1 is 1.06 bits per heavy atom. The summed E-state index contributed by atoms with van der Waals surface area (Å²) in [5.74, 6) is 1.53. The number of carbonyl (C=O) groups excluding carboxylic acids is 1. The third-order valence-electron chi connectivity index (χ3n) is 7.38. The summed E-state index contributed by atoms with van der Waals surface area (Å²) in [7, 11) is 1.42. The molecule has 0 spiro atoms. The molecule has 1 aromatic carbocycles. The Labute approximate surface area is 194 Å². The van der Waals surface area contributed by atoms with Crippen molar-refractivity contribution in [2.45, 2.75) is 103 Å². The highest BCUT2D eigenvalue weighted by atomic mass is 16.5. The number of hydrogen-bond acceptors (Lipinski definition) is 5. The van der Waals surface area contributed by atoms with Gasteiger partial charge in [-0.1, -0.05) is 44.4 Å². The van der Waals surface area contributed by atoms with Crippen LogP contribution < -0.4 is 4.74 Å². The van der Waals surface area contributed by atoms with Gasteiger partial charge in [0, 0.05) is 6.42 Å². The van der Waals surface area contributed by atoms with Gasteiger partial charge in [0.2, 0.25) is 0 Å². The summed E-state index contributed by atoms with van der Waals surface area (Å²) < 4.78 is 11.0. The SMILES string of the molecule is CCC(CCC1C(O)CC(O)C1CCCCCCC(=O)OC)C(C)Oc1ccccc1C. The molecule has 182 valence electrons. The summed E-state index contributed by atoms with van der Waals surface area (Å²) >= 11 is 0. The van der Waals surface area contributed by atoms with Crippen LogP contribution in [0.3, 0.4) is 0 Å². The third-order valence-corrected chi connectivity index (χ3v) is 7.38. The van der Waals surface area contributed by atoms with Crippen molar-refractivity contribution in [2.24, 2.45) is 17.8 Å². The van der Waals surface area contributed by atoms with E-state index in [-0.39, 0.29) is 23.9 Å². The molecule has 0 bridgehead atoms. The first-order valence-corrected chi connectivity index (χ1v) is 12.5. The standard InChI is InChI=1S/C27H44O5/c1-5-21(20(3)32-26-14-11-10-12-19(26)2)16-17-23-22(24(28)18-25(23)29)13-8-6-7-9-15-27(30)31-4/h10-12,14,20-25,28-29H,5-9,13,15-18H2,1-4H3. The highest BCUT2D eigenvalue weighted by Crippen LogP contribution is 2.40. The number of esters is 1. The number of aliphatic hydroxyl groups is 2. The van der Waals surface area contributed by atoms with Gasteiger partial charge in [-0.3, -0.25) is 4.79 Å². The van der Waals surface area contributed by atoms with Crippen molar-refractivity contribution in [1.29, 1.82) is 0 Å². The highest BCUT2D eigenvalue weighted by molar-refractivity contribution is 5.68. The number of benzene rings is 1. The van der Waals surface area contributed by atoms with Gasteiger partial charge < -0.3 is 19.7 Å². The minimum atomic E-state index is -0.417. The second-order valence-electron chi connectivity index (χ2n) is 9.56. The topological polar surface area (TPSA) is 76.0 Å². The zero-order chi connectivity index (χ0) is 23.5. The van der Waals surface area contributed by atoms with Gasteiger partial charge in [-0.05, 0) is 81.8 Å². The molecule has 1 saturated carbocycles. The molecule has 1 fully saturated rings. The van der Waals surface area contributed by atoms with Gasteiger partial charge in [-0.15, -0.1) is 0 Å². The first kappa shape index (κ1) is 26.7. The molecule has 1 aliphatic rings. The van der Waals surface area contributed by atoms with E-state index in [1.165, 1.54) is 7.11 Å². The highest BCUT2D eigenvalue weighted by Gasteiger charge is 2.41. The summed E-state index contributed by atoms with van der Waals surface area (Å²) in [6, 6.07) is 8.12. The van der Waals surface area contributed by atoms with Crippen molar-refractivity contribution in [1.82, 2.24) is 0 Å². The molecule has 5 nitrogen and oxygen atoms in total. The molecule has 5 heteroatoms. The van der Waals surface area contributed by atoms with E-state index in [9.17, 15) is 15.0 Å². The number of unbranched alkanes of at least 4 members (excludes halogenated alkanes) is 3. The first-order valence-electron chi connectivity index (χ1n) is 12.5. The van der Waals surface area contributed by atoms with Crippen LogP contribution in [-0.2, 0) is 9.53 Å². The molecular weight excluding hydrogens is 404 g/mol. The molecule has 1 aromatic rings. The number of hydrogen-bond donors (Lipinski definition) is 2. The average Bonchev–Trinajstić information content (AvgIpc) is 3.04. The van der Waals surface area contributed by atoms with E-state index in [4.69, 9.17) is 4.74 Å². The van der Waals surface area contributed by atoms with Crippen LogP contribution in [0.1, 0.15) is 83.6 Å². The number of methoxy groups -OCH3 is 1. The zero-order valence-electron chi connectivity index (χ0n) is 20.5. The molecule has 0 radical (unpaired) electrons. The van der Waals surface area contributed by atoms with Gasteiger partial charge in [0.25, 0.3) is 0 Å². The van der Waals surface area contributed by atoms with E-state index in [1.54, 1.807) is 0 Å².